The van der Waals surface area contributed by atoms with Crippen molar-refractivity contribution in [2.45, 2.75) is 51.3 Å². The first-order valence-electron chi connectivity index (χ1n) is 12.0. The van der Waals surface area contributed by atoms with Crippen LogP contribution in [0.4, 0.5) is 0 Å². The molecule has 1 aromatic heterocycles. The van der Waals surface area contributed by atoms with Gasteiger partial charge in [-0.2, -0.15) is 0 Å². The van der Waals surface area contributed by atoms with Gasteiger partial charge in [-0.3, -0.25) is 0 Å². The number of benzene rings is 3. The molecule has 0 atom stereocenters. The zero-order chi connectivity index (χ0) is 24.9. The quantitative estimate of drug-likeness (QED) is 0.162. The number of rotatable bonds is 10. The van der Waals surface area contributed by atoms with E-state index in [0.717, 1.165) is 22.5 Å². The van der Waals surface area contributed by atoms with Crippen LogP contribution in [0.1, 0.15) is 32.2 Å². The second kappa shape index (κ2) is 11.0. The van der Waals surface area contributed by atoms with Crippen LogP contribution in [0.2, 0.25) is 18.1 Å². The summed E-state index contributed by atoms with van der Waals surface area (Å²) in [6, 6.07) is 22.6. The Morgan fingerprint density at radius 3 is 2.43 bits per heavy atom. The highest BCUT2D eigenvalue weighted by Gasteiger charge is 2.37. The van der Waals surface area contributed by atoms with Crippen LogP contribution in [0.15, 0.2) is 71.1 Å². The Labute approximate surface area is 213 Å². The van der Waals surface area contributed by atoms with E-state index in [4.69, 9.17) is 13.6 Å². The zero-order valence-electron chi connectivity index (χ0n) is 21.2. The van der Waals surface area contributed by atoms with Crippen LogP contribution < -0.4 is 4.74 Å². The number of hydrogen-bond acceptors (Lipinski definition) is 6. The summed E-state index contributed by atoms with van der Waals surface area (Å²) in [5, 5.41) is 11.0. The topological polar surface area (TPSA) is 57.4 Å². The van der Waals surface area contributed by atoms with Crippen LogP contribution in [-0.4, -0.2) is 30.9 Å². The van der Waals surface area contributed by atoms with Gasteiger partial charge in [0.1, 0.15) is 5.75 Å². The van der Waals surface area contributed by atoms with Crippen molar-refractivity contribution in [3.63, 3.8) is 0 Å². The van der Waals surface area contributed by atoms with Crippen molar-refractivity contribution in [2.24, 2.45) is 0 Å². The molecule has 0 unspecified atom stereocenters. The summed E-state index contributed by atoms with van der Waals surface area (Å²) in [7, 11) is -1.77. The van der Waals surface area contributed by atoms with Gasteiger partial charge in [-0.1, -0.05) is 57.2 Å². The van der Waals surface area contributed by atoms with Gasteiger partial charge in [-0.25, -0.2) is 0 Å². The second-order valence-corrected chi connectivity index (χ2v) is 16.1. The van der Waals surface area contributed by atoms with E-state index in [9.17, 15) is 0 Å². The lowest BCUT2D eigenvalue weighted by molar-refractivity contribution is 0.276. The Bertz CT molecular complexity index is 1250. The normalized spacial score (nSPS) is 12.3. The Balaban J connectivity index is 1.32. The number of thioether (sulfide) groups is 1. The number of para-hydroxylation sites is 1. The third-order valence-corrected chi connectivity index (χ3v) is 11.9. The summed E-state index contributed by atoms with van der Waals surface area (Å²) in [6.07, 6.45) is 0. The predicted octanol–water partition coefficient (Wildman–Crippen LogP) is 7.72. The van der Waals surface area contributed by atoms with E-state index >= 15 is 0 Å². The van der Waals surface area contributed by atoms with Gasteiger partial charge in [0.15, 0.2) is 8.32 Å². The smallest absolute Gasteiger partial charge is 0.247 e. The van der Waals surface area contributed by atoms with Crippen molar-refractivity contribution in [3.8, 4) is 17.2 Å². The summed E-state index contributed by atoms with van der Waals surface area (Å²) in [4.78, 5) is 0. The van der Waals surface area contributed by atoms with Crippen molar-refractivity contribution < 1.29 is 13.6 Å². The van der Waals surface area contributed by atoms with Crippen molar-refractivity contribution in [2.75, 3.05) is 12.4 Å². The first kappa shape index (κ1) is 25.5. The molecule has 3 aromatic carbocycles. The minimum Gasteiger partial charge on any atom is -0.493 e. The molecule has 0 saturated carbocycles. The highest BCUT2D eigenvalue weighted by molar-refractivity contribution is 7.98. The first-order valence-corrected chi connectivity index (χ1v) is 16.0. The van der Waals surface area contributed by atoms with Gasteiger partial charge in [0, 0.05) is 11.3 Å². The van der Waals surface area contributed by atoms with Crippen molar-refractivity contribution in [1.82, 2.24) is 10.2 Å². The minimum absolute atomic E-state index is 0.204. The molecule has 0 aliphatic carbocycles. The summed E-state index contributed by atoms with van der Waals surface area (Å²) in [5.41, 5.74) is 2.13. The maximum atomic E-state index is 6.39. The number of nitrogens with zero attached hydrogens (tertiary/aromatic N) is 2. The molecule has 184 valence electrons. The molecule has 0 saturated heterocycles. The lowest BCUT2D eigenvalue weighted by Crippen LogP contribution is -2.40. The van der Waals surface area contributed by atoms with Gasteiger partial charge in [0.25, 0.3) is 0 Å². The average molecular weight is 507 g/mol. The molecule has 0 aliphatic rings. The SMILES string of the molecule is CC(C)(C)[Si](C)(C)OCc1ccc2cc(-c3nnc(CSCCOc4ccccc4)o3)ccc2c1. The molecule has 0 fully saturated rings. The monoisotopic (exact) mass is 506 g/mol. The van der Waals surface area contributed by atoms with Crippen LogP contribution in [0, 0.1) is 0 Å². The molecule has 4 rings (SSSR count). The Morgan fingerprint density at radius 1 is 0.914 bits per heavy atom. The lowest BCUT2D eigenvalue weighted by Gasteiger charge is -2.36. The molecule has 0 spiro atoms. The summed E-state index contributed by atoms with van der Waals surface area (Å²) >= 11 is 1.72. The standard InChI is InChI=1S/C28H34N2O3SSi/c1-28(2,3)35(4,5)32-19-21-11-12-23-18-24(14-13-22(23)17-21)27-30-29-26(33-27)20-34-16-15-31-25-9-7-6-8-10-25/h6-14,17-18H,15-16,19-20H2,1-5H3. The number of hydrogen-bond donors (Lipinski definition) is 0. The number of fused-ring (bicyclic) bond motifs is 1. The fourth-order valence-electron chi connectivity index (χ4n) is 3.32. The minimum atomic E-state index is -1.77. The summed E-state index contributed by atoms with van der Waals surface area (Å²) in [5.74, 6) is 3.58. The van der Waals surface area contributed by atoms with Gasteiger partial charge in [0.2, 0.25) is 11.8 Å². The largest absolute Gasteiger partial charge is 0.493 e. The van der Waals surface area contributed by atoms with E-state index in [-0.39, 0.29) is 5.04 Å². The molecule has 7 heteroatoms. The molecule has 0 amide bonds. The highest BCUT2D eigenvalue weighted by Crippen LogP contribution is 2.37. The molecule has 0 bridgehead atoms. The summed E-state index contributed by atoms with van der Waals surface area (Å²) in [6.45, 7) is 12.7. The van der Waals surface area contributed by atoms with E-state index < -0.39 is 8.32 Å². The van der Waals surface area contributed by atoms with Crippen LogP contribution in [0.25, 0.3) is 22.2 Å². The zero-order valence-corrected chi connectivity index (χ0v) is 23.0. The lowest BCUT2D eigenvalue weighted by atomic mass is 10.0. The van der Waals surface area contributed by atoms with Crippen molar-refractivity contribution in [3.05, 3.63) is 78.2 Å². The molecule has 0 aliphatic heterocycles. The molecule has 35 heavy (non-hydrogen) atoms. The average Bonchev–Trinajstić information content (AvgIpc) is 3.31. The Hall–Kier alpha value is -2.61. The fraction of sp³-hybridized carbons (Fsp3) is 0.357. The van der Waals surface area contributed by atoms with Gasteiger partial charge >= 0.3 is 0 Å². The third-order valence-electron chi connectivity index (χ3n) is 6.49. The summed E-state index contributed by atoms with van der Waals surface area (Å²) < 4.78 is 18.0. The molecule has 5 nitrogen and oxygen atoms in total. The van der Waals surface area contributed by atoms with Gasteiger partial charge in [0.05, 0.1) is 19.0 Å². The van der Waals surface area contributed by atoms with Crippen LogP contribution in [0.5, 0.6) is 5.75 Å². The van der Waals surface area contributed by atoms with E-state index in [0.29, 0.717) is 30.7 Å². The number of ether oxygens (including phenoxy) is 1. The molecule has 1 heterocycles. The highest BCUT2D eigenvalue weighted by atomic mass is 32.2. The first-order chi connectivity index (χ1) is 16.7. The van der Waals surface area contributed by atoms with Crippen LogP contribution in [-0.2, 0) is 16.8 Å². The molecular formula is C28H34N2O3SSi. The number of aromatic nitrogens is 2. The Morgan fingerprint density at radius 2 is 1.66 bits per heavy atom. The molecule has 4 aromatic rings. The Kier molecular flexibility index (Phi) is 7.99. The molecular weight excluding hydrogens is 472 g/mol. The van der Waals surface area contributed by atoms with Crippen LogP contribution >= 0.6 is 11.8 Å². The third kappa shape index (κ3) is 6.75. The van der Waals surface area contributed by atoms with Crippen LogP contribution in [0.3, 0.4) is 0 Å². The molecule has 0 N–H and O–H groups in total. The van der Waals surface area contributed by atoms with Gasteiger partial charge in [-0.05, 0) is 64.8 Å². The van der Waals surface area contributed by atoms with E-state index in [1.165, 1.54) is 10.9 Å². The van der Waals surface area contributed by atoms with Gasteiger partial charge in [-0.15, -0.1) is 22.0 Å². The van der Waals surface area contributed by atoms with E-state index in [1.54, 1.807) is 11.8 Å². The van der Waals surface area contributed by atoms with E-state index in [2.05, 4.69) is 74.4 Å². The maximum absolute atomic E-state index is 6.39. The molecule has 0 radical (unpaired) electrons. The van der Waals surface area contributed by atoms with Crippen molar-refractivity contribution in [1.29, 1.82) is 0 Å². The maximum Gasteiger partial charge on any atom is 0.247 e. The van der Waals surface area contributed by atoms with Crippen molar-refractivity contribution >= 4 is 30.9 Å². The second-order valence-electron chi connectivity index (χ2n) is 10.2. The predicted molar refractivity (Wildman–Crippen MR) is 147 cm³/mol. The van der Waals surface area contributed by atoms with E-state index in [1.807, 2.05) is 36.4 Å². The fourth-order valence-corrected chi connectivity index (χ4v) is 4.92. The van der Waals surface area contributed by atoms with Gasteiger partial charge < -0.3 is 13.6 Å².